The van der Waals surface area contributed by atoms with Crippen LogP contribution in [0.5, 0.6) is 0 Å². The first-order chi connectivity index (χ1) is 14.8. The molecule has 6 heteroatoms. The fourth-order valence-electron chi connectivity index (χ4n) is 3.37. The van der Waals surface area contributed by atoms with Gasteiger partial charge >= 0.3 is 0 Å². The second kappa shape index (κ2) is 7.93. The molecule has 1 aromatic heterocycles. The maximum absolute atomic E-state index is 12.7. The summed E-state index contributed by atoms with van der Waals surface area (Å²) in [6.45, 7) is 0.601. The molecule has 0 saturated carbocycles. The lowest BCUT2D eigenvalue weighted by Crippen LogP contribution is -2.40. The Hall–Kier alpha value is -3.77. The minimum absolute atomic E-state index is 0.205. The number of benzene rings is 3. The van der Waals surface area contributed by atoms with Crippen LogP contribution in [-0.2, 0) is 11.3 Å². The number of nitrogens with zero attached hydrogens (tertiary/aromatic N) is 3. The van der Waals surface area contributed by atoms with Crippen LogP contribution in [0.2, 0.25) is 0 Å². The molecule has 0 radical (unpaired) electrons. The van der Waals surface area contributed by atoms with E-state index in [1.165, 1.54) is 0 Å². The van der Waals surface area contributed by atoms with Gasteiger partial charge < -0.3 is 4.90 Å². The highest BCUT2D eigenvalue weighted by molar-refractivity contribution is 7.16. The molecule has 0 unspecified atom stereocenters. The predicted octanol–water partition coefficient (Wildman–Crippen LogP) is 4.83. The molecule has 30 heavy (non-hydrogen) atoms. The Balaban J connectivity index is 1.50. The molecule has 1 N–H and O–H groups in total. The molecular weight excluding hydrogens is 392 g/mol. The quantitative estimate of drug-likeness (QED) is 0.490. The zero-order chi connectivity index (χ0) is 20.3. The second-order valence-electron chi connectivity index (χ2n) is 6.91. The molecule has 1 amide bonds. The lowest BCUT2D eigenvalue weighted by Gasteiger charge is -2.24. The molecule has 0 aliphatic carbocycles. The van der Waals surface area contributed by atoms with Crippen molar-refractivity contribution in [2.45, 2.75) is 6.54 Å². The van der Waals surface area contributed by atoms with Gasteiger partial charge in [-0.2, -0.15) is 0 Å². The van der Waals surface area contributed by atoms with Crippen molar-refractivity contribution in [1.29, 1.82) is 0 Å². The van der Waals surface area contributed by atoms with Crippen molar-refractivity contribution in [2.75, 3.05) is 4.90 Å². The second-order valence-corrected chi connectivity index (χ2v) is 7.79. The van der Waals surface area contributed by atoms with Crippen LogP contribution < -0.4 is 10.2 Å². The van der Waals surface area contributed by atoms with Gasteiger partial charge in [0.2, 0.25) is 5.96 Å². The van der Waals surface area contributed by atoms with Gasteiger partial charge in [-0.15, -0.1) is 11.3 Å². The topological polar surface area (TPSA) is 57.6 Å². The smallest absolute Gasteiger partial charge is 0.276 e. The van der Waals surface area contributed by atoms with E-state index in [0.717, 1.165) is 27.0 Å². The van der Waals surface area contributed by atoms with E-state index in [1.807, 2.05) is 83.2 Å². The average Bonchev–Trinajstić information content (AvgIpc) is 3.39. The lowest BCUT2D eigenvalue weighted by molar-refractivity contribution is -0.115. The highest BCUT2D eigenvalue weighted by Crippen LogP contribution is 2.23. The van der Waals surface area contributed by atoms with Crippen LogP contribution in [0.3, 0.4) is 0 Å². The van der Waals surface area contributed by atoms with Crippen molar-refractivity contribution >= 4 is 45.2 Å². The minimum Gasteiger partial charge on any atom is -0.308 e. The number of aromatic nitrogens is 1. The van der Waals surface area contributed by atoms with Crippen LogP contribution in [0, 0.1) is 0 Å². The molecule has 0 spiro atoms. The number of thiazole rings is 1. The summed E-state index contributed by atoms with van der Waals surface area (Å²) in [6.07, 6.45) is 1.81. The van der Waals surface area contributed by atoms with Gasteiger partial charge in [0.25, 0.3) is 5.91 Å². The first-order valence-corrected chi connectivity index (χ1v) is 10.5. The van der Waals surface area contributed by atoms with Gasteiger partial charge in [0.1, 0.15) is 5.70 Å². The number of rotatable bonds is 4. The van der Waals surface area contributed by atoms with Crippen molar-refractivity contribution in [2.24, 2.45) is 4.99 Å². The number of para-hydroxylation sites is 1. The van der Waals surface area contributed by atoms with E-state index in [0.29, 0.717) is 18.2 Å². The third-order valence-electron chi connectivity index (χ3n) is 4.85. The number of hydrogen-bond acceptors (Lipinski definition) is 5. The normalized spacial score (nSPS) is 14.7. The van der Waals surface area contributed by atoms with Gasteiger partial charge in [-0.3, -0.25) is 10.1 Å². The first-order valence-electron chi connectivity index (χ1n) is 9.58. The number of nitrogens with one attached hydrogen (secondary N) is 1. The third kappa shape index (κ3) is 3.73. The van der Waals surface area contributed by atoms with E-state index in [2.05, 4.69) is 27.4 Å². The Morgan fingerprint density at radius 3 is 2.53 bits per heavy atom. The number of carbonyl (C=O) groups is 1. The van der Waals surface area contributed by atoms with E-state index in [9.17, 15) is 4.79 Å². The van der Waals surface area contributed by atoms with Crippen LogP contribution in [0.15, 0.2) is 95.1 Å². The van der Waals surface area contributed by atoms with E-state index in [4.69, 9.17) is 0 Å². The molecule has 2 heterocycles. The van der Waals surface area contributed by atoms with E-state index >= 15 is 0 Å². The maximum atomic E-state index is 12.7. The highest BCUT2D eigenvalue weighted by atomic mass is 32.1. The van der Waals surface area contributed by atoms with E-state index < -0.39 is 0 Å². The fraction of sp³-hybridized carbons (Fsp3) is 0.0417. The maximum Gasteiger partial charge on any atom is 0.276 e. The van der Waals surface area contributed by atoms with Crippen molar-refractivity contribution in [3.63, 3.8) is 0 Å². The third-order valence-corrected chi connectivity index (χ3v) is 5.64. The molecule has 5 rings (SSSR count). The standard InChI is InChI=1S/C24H18N4OS/c29-23-21(13-18-11-12-20-22(14-18)30-16-25-20)26-24(27-23)28(19-9-5-2-6-10-19)15-17-7-3-1-4-8-17/h1-14,16H,15H2,(H,26,27,29)/b21-13-. The minimum atomic E-state index is -0.205. The first kappa shape index (κ1) is 18.3. The summed E-state index contributed by atoms with van der Waals surface area (Å²) in [5, 5.41) is 2.93. The summed E-state index contributed by atoms with van der Waals surface area (Å²) in [4.78, 5) is 23.6. The Labute approximate surface area is 178 Å². The Morgan fingerprint density at radius 1 is 0.967 bits per heavy atom. The van der Waals surface area contributed by atoms with Crippen LogP contribution >= 0.6 is 11.3 Å². The summed E-state index contributed by atoms with van der Waals surface area (Å²) in [5.41, 5.74) is 6.19. The lowest BCUT2D eigenvalue weighted by atomic mass is 10.2. The average molecular weight is 411 g/mol. The Bertz CT molecular complexity index is 1260. The Kier molecular flexibility index (Phi) is 4.83. The van der Waals surface area contributed by atoms with Crippen LogP contribution in [0.1, 0.15) is 11.1 Å². The molecule has 146 valence electrons. The van der Waals surface area contributed by atoms with E-state index in [-0.39, 0.29) is 5.91 Å². The number of hydrogen-bond donors (Lipinski definition) is 1. The summed E-state index contributed by atoms with van der Waals surface area (Å²) >= 11 is 1.58. The van der Waals surface area contributed by atoms with Crippen molar-refractivity contribution < 1.29 is 4.79 Å². The summed E-state index contributed by atoms with van der Waals surface area (Å²) in [6, 6.07) is 26.0. The molecule has 0 bridgehead atoms. The van der Waals surface area contributed by atoms with Crippen LogP contribution in [0.25, 0.3) is 16.3 Å². The number of anilines is 1. The largest absolute Gasteiger partial charge is 0.308 e. The zero-order valence-corrected chi connectivity index (χ0v) is 16.8. The highest BCUT2D eigenvalue weighted by Gasteiger charge is 2.25. The van der Waals surface area contributed by atoms with Gasteiger partial charge in [-0.05, 0) is 41.5 Å². The van der Waals surface area contributed by atoms with Gasteiger partial charge in [-0.25, -0.2) is 9.98 Å². The van der Waals surface area contributed by atoms with Crippen molar-refractivity contribution in [3.05, 3.63) is 101 Å². The van der Waals surface area contributed by atoms with Crippen LogP contribution in [-0.4, -0.2) is 16.9 Å². The number of fused-ring (bicyclic) bond motifs is 1. The number of amides is 1. The predicted molar refractivity (Wildman–Crippen MR) is 122 cm³/mol. The molecule has 3 aromatic carbocycles. The summed E-state index contributed by atoms with van der Waals surface area (Å²) in [5.74, 6) is 0.323. The molecular formula is C24H18N4OS. The number of aliphatic imine (C=N–C) groups is 1. The fourth-order valence-corrected chi connectivity index (χ4v) is 4.09. The summed E-state index contributed by atoms with van der Waals surface area (Å²) in [7, 11) is 0. The zero-order valence-electron chi connectivity index (χ0n) is 16.0. The SMILES string of the molecule is O=C1NC(N(Cc2ccccc2)c2ccccc2)=N/C1=C\c1ccc2ncsc2c1. The Morgan fingerprint density at radius 2 is 1.73 bits per heavy atom. The van der Waals surface area contributed by atoms with Crippen LogP contribution in [0.4, 0.5) is 5.69 Å². The summed E-state index contributed by atoms with van der Waals surface area (Å²) < 4.78 is 1.09. The van der Waals surface area contributed by atoms with Gasteiger partial charge in [0.15, 0.2) is 0 Å². The monoisotopic (exact) mass is 410 g/mol. The molecule has 1 aliphatic heterocycles. The van der Waals surface area contributed by atoms with Gasteiger partial charge in [0, 0.05) is 5.69 Å². The molecule has 1 aliphatic rings. The number of carbonyl (C=O) groups excluding carboxylic acids is 1. The van der Waals surface area contributed by atoms with Gasteiger partial charge in [0.05, 0.1) is 22.3 Å². The molecule has 0 atom stereocenters. The molecule has 5 nitrogen and oxygen atoms in total. The molecule has 4 aromatic rings. The number of guanidine groups is 1. The van der Waals surface area contributed by atoms with Crippen molar-refractivity contribution in [3.8, 4) is 0 Å². The van der Waals surface area contributed by atoms with Gasteiger partial charge in [-0.1, -0.05) is 54.6 Å². The molecule has 0 saturated heterocycles. The molecule has 0 fully saturated rings. The van der Waals surface area contributed by atoms with Crippen molar-refractivity contribution in [1.82, 2.24) is 10.3 Å². The van der Waals surface area contributed by atoms with E-state index in [1.54, 1.807) is 11.3 Å².